The van der Waals surface area contributed by atoms with E-state index in [9.17, 15) is 4.79 Å². The first-order valence-corrected chi connectivity index (χ1v) is 6.84. The number of esters is 1. The van der Waals surface area contributed by atoms with Crippen LogP contribution in [0.3, 0.4) is 0 Å². The Balaban J connectivity index is 2.21. The molecule has 2 unspecified atom stereocenters. The highest BCUT2D eigenvalue weighted by Gasteiger charge is 2.46. The first kappa shape index (κ1) is 14.1. The minimum atomic E-state index is -0.544. The van der Waals surface area contributed by atoms with Gasteiger partial charge in [-0.1, -0.05) is 13.8 Å². The minimum Gasteiger partial charge on any atom is -0.468 e. The maximum absolute atomic E-state index is 12.0. The number of imidazole rings is 1. The molecular formula is C14H23N3O2. The maximum atomic E-state index is 12.0. The van der Waals surface area contributed by atoms with Gasteiger partial charge in [0.1, 0.15) is 11.4 Å². The Labute approximate surface area is 114 Å². The fourth-order valence-corrected chi connectivity index (χ4v) is 3.05. The van der Waals surface area contributed by atoms with E-state index in [0.717, 1.165) is 25.1 Å². The molecule has 19 heavy (non-hydrogen) atoms. The van der Waals surface area contributed by atoms with Gasteiger partial charge >= 0.3 is 5.97 Å². The van der Waals surface area contributed by atoms with Crippen LogP contribution in [-0.2, 0) is 9.53 Å². The first-order chi connectivity index (χ1) is 9.04. The van der Waals surface area contributed by atoms with Crippen molar-refractivity contribution in [3.8, 4) is 0 Å². The summed E-state index contributed by atoms with van der Waals surface area (Å²) in [6.45, 7) is 4.28. The summed E-state index contributed by atoms with van der Waals surface area (Å²) >= 11 is 0. The SMILES string of the molecule is CNC1(C(=O)OC)CCC(n2ccnc2C(C)C)C1. The first-order valence-electron chi connectivity index (χ1n) is 6.84. The number of nitrogens with one attached hydrogen (secondary N) is 1. The number of rotatable bonds is 4. The number of aromatic nitrogens is 2. The lowest BCUT2D eigenvalue weighted by Gasteiger charge is -2.26. The van der Waals surface area contributed by atoms with Crippen molar-refractivity contribution in [2.45, 2.75) is 50.6 Å². The quantitative estimate of drug-likeness (QED) is 0.844. The maximum Gasteiger partial charge on any atom is 0.326 e. The van der Waals surface area contributed by atoms with Crippen LogP contribution in [0, 0.1) is 0 Å². The topological polar surface area (TPSA) is 56.1 Å². The Morgan fingerprint density at radius 3 is 2.95 bits per heavy atom. The monoisotopic (exact) mass is 265 g/mol. The van der Waals surface area contributed by atoms with E-state index in [1.807, 2.05) is 19.4 Å². The summed E-state index contributed by atoms with van der Waals surface area (Å²) in [7, 11) is 3.28. The molecule has 1 aliphatic rings. The summed E-state index contributed by atoms with van der Waals surface area (Å²) in [5, 5.41) is 3.16. The fraction of sp³-hybridized carbons (Fsp3) is 0.714. The van der Waals surface area contributed by atoms with E-state index in [4.69, 9.17) is 4.74 Å². The van der Waals surface area contributed by atoms with Gasteiger partial charge in [0.05, 0.1) is 7.11 Å². The molecule has 5 nitrogen and oxygen atoms in total. The molecule has 0 amide bonds. The molecule has 1 aromatic heterocycles. The third kappa shape index (κ3) is 2.39. The van der Waals surface area contributed by atoms with Crippen LogP contribution in [0.5, 0.6) is 0 Å². The van der Waals surface area contributed by atoms with Crippen LogP contribution >= 0.6 is 0 Å². The number of hydrogen-bond donors (Lipinski definition) is 1. The standard InChI is InChI=1S/C14H23N3O2/c1-10(2)12-16-7-8-17(12)11-5-6-14(9-11,15-3)13(18)19-4/h7-8,10-11,15H,5-6,9H2,1-4H3. The predicted octanol–water partition coefficient (Wildman–Crippen LogP) is 1.86. The van der Waals surface area contributed by atoms with Gasteiger partial charge < -0.3 is 14.6 Å². The van der Waals surface area contributed by atoms with Crippen molar-refractivity contribution in [3.63, 3.8) is 0 Å². The second-order valence-electron chi connectivity index (χ2n) is 5.57. The molecule has 0 aliphatic heterocycles. The van der Waals surface area contributed by atoms with Gasteiger partial charge in [-0.2, -0.15) is 0 Å². The molecule has 0 saturated heterocycles. The predicted molar refractivity (Wildman–Crippen MR) is 73.0 cm³/mol. The molecule has 1 aromatic rings. The summed E-state index contributed by atoms with van der Waals surface area (Å²) in [4.78, 5) is 16.4. The van der Waals surface area contributed by atoms with Gasteiger partial charge in [0.25, 0.3) is 0 Å². The van der Waals surface area contributed by atoms with E-state index in [2.05, 4.69) is 28.7 Å². The number of carbonyl (C=O) groups excluding carboxylic acids is 1. The molecule has 0 bridgehead atoms. The van der Waals surface area contributed by atoms with Crippen LogP contribution in [0.4, 0.5) is 0 Å². The number of carbonyl (C=O) groups is 1. The van der Waals surface area contributed by atoms with Gasteiger partial charge in [-0.15, -0.1) is 0 Å². The number of hydrogen-bond acceptors (Lipinski definition) is 4. The smallest absolute Gasteiger partial charge is 0.326 e. The molecule has 1 N–H and O–H groups in total. The van der Waals surface area contributed by atoms with Gasteiger partial charge in [0, 0.05) is 24.4 Å². The molecule has 5 heteroatoms. The number of likely N-dealkylation sites (N-methyl/N-ethyl adjacent to an activating group) is 1. The zero-order chi connectivity index (χ0) is 14.0. The Hall–Kier alpha value is -1.36. The highest BCUT2D eigenvalue weighted by atomic mass is 16.5. The molecule has 1 saturated carbocycles. The van der Waals surface area contributed by atoms with Gasteiger partial charge in [-0.05, 0) is 26.3 Å². The van der Waals surface area contributed by atoms with E-state index < -0.39 is 5.54 Å². The molecule has 0 spiro atoms. The fourth-order valence-electron chi connectivity index (χ4n) is 3.05. The van der Waals surface area contributed by atoms with Crippen molar-refractivity contribution in [1.29, 1.82) is 0 Å². The van der Waals surface area contributed by atoms with E-state index in [1.165, 1.54) is 7.11 Å². The summed E-state index contributed by atoms with van der Waals surface area (Å²) in [5.41, 5.74) is -0.544. The zero-order valence-electron chi connectivity index (χ0n) is 12.1. The number of methoxy groups -OCH3 is 1. The van der Waals surface area contributed by atoms with Gasteiger partial charge in [0.15, 0.2) is 0 Å². The summed E-state index contributed by atoms with van der Waals surface area (Å²) in [5.74, 6) is 1.31. The number of nitrogens with zero attached hydrogens (tertiary/aromatic N) is 2. The normalized spacial score (nSPS) is 26.9. The van der Waals surface area contributed by atoms with E-state index in [-0.39, 0.29) is 5.97 Å². The highest BCUT2D eigenvalue weighted by molar-refractivity contribution is 5.81. The Bertz CT molecular complexity index is 455. The lowest BCUT2D eigenvalue weighted by molar-refractivity contribution is -0.148. The van der Waals surface area contributed by atoms with Crippen molar-refractivity contribution < 1.29 is 9.53 Å². The summed E-state index contributed by atoms with van der Waals surface area (Å²) in [6, 6.07) is 0.312. The third-order valence-electron chi connectivity index (χ3n) is 4.15. The zero-order valence-corrected chi connectivity index (χ0v) is 12.1. The second-order valence-corrected chi connectivity index (χ2v) is 5.57. The lowest BCUT2D eigenvalue weighted by Crippen LogP contribution is -2.49. The van der Waals surface area contributed by atoms with Crippen molar-refractivity contribution in [2.75, 3.05) is 14.2 Å². The van der Waals surface area contributed by atoms with Crippen LogP contribution in [-0.4, -0.2) is 35.2 Å². The lowest BCUT2D eigenvalue weighted by atomic mass is 9.98. The van der Waals surface area contributed by atoms with Crippen LogP contribution in [0.15, 0.2) is 12.4 Å². The van der Waals surface area contributed by atoms with E-state index >= 15 is 0 Å². The highest BCUT2D eigenvalue weighted by Crippen LogP contribution is 2.39. The Morgan fingerprint density at radius 1 is 1.63 bits per heavy atom. The average Bonchev–Trinajstić information content (AvgIpc) is 3.04. The van der Waals surface area contributed by atoms with Crippen molar-refractivity contribution in [2.24, 2.45) is 0 Å². The van der Waals surface area contributed by atoms with Crippen molar-refractivity contribution in [3.05, 3.63) is 18.2 Å². The van der Waals surface area contributed by atoms with Crippen molar-refractivity contribution >= 4 is 5.97 Å². The molecule has 2 atom stereocenters. The van der Waals surface area contributed by atoms with Gasteiger partial charge in [0.2, 0.25) is 0 Å². The van der Waals surface area contributed by atoms with Crippen LogP contribution in [0.25, 0.3) is 0 Å². The van der Waals surface area contributed by atoms with Crippen LogP contribution < -0.4 is 5.32 Å². The Kier molecular flexibility index (Phi) is 3.94. The number of ether oxygens (including phenoxy) is 1. The van der Waals surface area contributed by atoms with Gasteiger partial charge in [-0.3, -0.25) is 4.79 Å². The van der Waals surface area contributed by atoms with Gasteiger partial charge in [-0.25, -0.2) is 4.98 Å². The van der Waals surface area contributed by atoms with Crippen molar-refractivity contribution in [1.82, 2.24) is 14.9 Å². The molecule has 1 heterocycles. The Morgan fingerprint density at radius 2 is 2.37 bits per heavy atom. The molecule has 0 aromatic carbocycles. The van der Waals surface area contributed by atoms with E-state index in [1.54, 1.807) is 0 Å². The molecule has 1 aliphatic carbocycles. The minimum absolute atomic E-state index is 0.163. The van der Waals surface area contributed by atoms with Crippen LogP contribution in [0.1, 0.15) is 50.9 Å². The summed E-state index contributed by atoms with van der Waals surface area (Å²) < 4.78 is 7.16. The largest absolute Gasteiger partial charge is 0.468 e. The molecule has 2 rings (SSSR count). The molecule has 0 radical (unpaired) electrons. The van der Waals surface area contributed by atoms with Crippen LogP contribution in [0.2, 0.25) is 0 Å². The molecule has 1 fully saturated rings. The average molecular weight is 265 g/mol. The molecule has 106 valence electrons. The summed E-state index contributed by atoms with van der Waals surface area (Å²) in [6.07, 6.45) is 6.38. The second kappa shape index (κ2) is 5.33. The van der Waals surface area contributed by atoms with E-state index in [0.29, 0.717) is 12.0 Å². The third-order valence-corrected chi connectivity index (χ3v) is 4.15. The molecular weight excluding hydrogens is 242 g/mol.